The van der Waals surface area contributed by atoms with Crippen LogP contribution in [0.5, 0.6) is 0 Å². The Morgan fingerprint density at radius 1 is 1.39 bits per heavy atom. The Morgan fingerprint density at radius 2 is 2.11 bits per heavy atom. The number of benzene rings is 1. The van der Waals surface area contributed by atoms with E-state index in [4.69, 9.17) is 5.10 Å². The number of nitrogens with zero attached hydrogens (tertiary/aromatic N) is 2. The van der Waals surface area contributed by atoms with Gasteiger partial charge in [0.1, 0.15) is 0 Å². The number of nitrogens with one attached hydrogen (secondary N) is 1. The molecule has 1 heterocycles. The lowest BCUT2D eigenvalue weighted by molar-refractivity contribution is 0.373. The summed E-state index contributed by atoms with van der Waals surface area (Å²) in [5.41, 5.74) is 2.93. The smallest absolute Gasteiger partial charge is 0.0718 e. The van der Waals surface area contributed by atoms with E-state index in [1.165, 1.54) is 29.4 Å². The maximum absolute atomic E-state index is 4.70. The highest BCUT2D eigenvalue weighted by Crippen LogP contribution is 2.48. The molecule has 1 aliphatic rings. The van der Waals surface area contributed by atoms with Gasteiger partial charge in [0.25, 0.3) is 0 Å². The van der Waals surface area contributed by atoms with Crippen LogP contribution in [0.2, 0.25) is 0 Å². The average Bonchev–Trinajstić information content (AvgIpc) is 3.05. The fraction of sp³-hybridized carbons (Fsp3) is 0.533. The molecule has 96 valence electrons. The maximum atomic E-state index is 4.70. The number of hydrogen-bond donors (Lipinski definition) is 1. The summed E-state index contributed by atoms with van der Waals surface area (Å²) in [5.74, 6) is 0. The fourth-order valence-electron chi connectivity index (χ4n) is 2.88. The fourth-order valence-corrected chi connectivity index (χ4v) is 2.88. The molecule has 18 heavy (non-hydrogen) atoms. The molecule has 1 unspecified atom stereocenters. The highest BCUT2D eigenvalue weighted by Gasteiger charge is 2.44. The molecule has 1 N–H and O–H groups in total. The van der Waals surface area contributed by atoms with Gasteiger partial charge in [0, 0.05) is 24.9 Å². The van der Waals surface area contributed by atoms with Crippen molar-refractivity contribution in [2.45, 2.75) is 32.2 Å². The van der Waals surface area contributed by atoms with E-state index in [0.29, 0.717) is 11.5 Å². The number of hydrogen-bond acceptors (Lipinski definition) is 2. The zero-order valence-corrected chi connectivity index (χ0v) is 11.4. The average molecular weight is 243 g/mol. The Morgan fingerprint density at radius 3 is 2.78 bits per heavy atom. The van der Waals surface area contributed by atoms with Crippen LogP contribution in [0.3, 0.4) is 0 Å². The summed E-state index contributed by atoms with van der Waals surface area (Å²) >= 11 is 0. The zero-order valence-electron chi connectivity index (χ0n) is 11.4. The largest absolute Gasteiger partial charge is 0.316 e. The Hall–Kier alpha value is -1.35. The van der Waals surface area contributed by atoms with Crippen LogP contribution in [-0.2, 0) is 13.5 Å². The standard InChI is InChI=1S/C15H21N3/c1-15(8-9-15)14(16-2)10-12-11-6-4-5-7-13(11)18(3)17-12/h4-7,14,16H,8-10H2,1-3H3. The topological polar surface area (TPSA) is 29.9 Å². The summed E-state index contributed by atoms with van der Waals surface area (Å²) in [4.78, 5) is 0. The molecule has 0 amide bonds. The second-order valence-electron chi connectivity index (χ2n) is 5.79. The Kier molecular flexibility index (Phi) is 2.67. The van der Waals surface area contributed by atoms with Crippen molar-refractivity contribution in [3.63, 3.8) is 0 Å². The molecule has 0 spiro atoms. The third kappa shape index (κ3) is 1.83. The number of rotatable bonds is 4. The van der Waals surface area contributed by atoms with Gasteiger partial charge in [-0.05, 0) is 31.4 Å². The molecule has 0 radical (unpaired) electrons. The monoisotopic (exact) mass is 243 g/mol. The van der Waals surface area contributed by atoms with Crippen molar-refractivity contribution in [1.82, 2.24) is 15.1 Å². The summed E-state index contributed by atoms with van der Waals surface area (Å²) in [5, 5.41) is 9.47. The predicted octanol–water partition coefficient (Wildman–Crippen LogP) is 2.50. The summed E-state index contributed by atoms with van der Waals surface area (Å²) in [6, 6.07) is 9.03. The van der Waals surface area contributed by atoms with E-state index in [-0.39, 0.29) is 0 Å². The SMILES string of the molecule is CNC(Cc1nn(C)c2ccccc12)C1(C)CC1. The number of para-hydroxylation sites is 1. The number of likely N-dealkylation sites (N-methyl/N-ethyl adjacent to an activating group) is 1. The van der Waals surface area contributed by atoms with Crippen LogP contribution < -0.4 is 5.32 Å². The molecular formula is C15H21N3. The van der Waals surface area contributed by atoms with Crippen molar-refractivity contribution in [1.29, 1.82) is 0 Å². The van der Waals surface area contributed by atoms with E-state index < -0.39 is 0 Å². The number of fused-ring (bicyclic) bond motifs is 1. The molecule has 2 aromatic rings. The van der Waals surface area contributed by atoms with Crippen LogP contribution in [0.1, 0.15) is 25.5 Å². The van der Waals surface area contributed by atoms with Crippen molar-refractivity contribution in [2.75, 3.05) is 7.05 Å². The van der Waals surface area contributed by atoms with Crippen LogP contribution in [0.25, 0.3) is 10.9 Å². The Balaban J connectivity index is 1.95. The lowest BCUT2D eigenvalue weighted by Crippen LogP contribution is -2.35. The van der Waals surface area contributed by atoms with Gasteiger partial charge in [-0.2, -0.15) is 5.10 Å². The van der Waals surface area contributed by atoms with Gasteiger partial charge in [0.05, 0.1) is 11.2 Å². The summed E-state index contributed by atoms with van der Waals surface area (Å²) in [7, 11) is 4.10. The van der Waals surface area contributed by atoms with Crippen LogP contribution in [0.15, 0.2) is 24.3 Å². The molecule has 0 aliphatic heterocycles. The first-order valence-corrected chi connectivity index (χ1v) is 6.72. The van der Waals surface area contributed by atoms with Gasteiger partial charge in [-0.3, -0.25) is 4.68 Å². The molecule has 0 bridgehead atoms. The first-order valence-electron chi connectivity index (χ1n) is 6.72. The normalized spacial score (nSPS) is 19.1. The van der Waals surface area contributed by atoms with Crippen LogP contribution >= 0.6 is 0 Å². The minimum Gasteiger partial charge on any atom is -0.316 e. The molecule has 3 rings (SSSR count). The van der Waals surface area contributed by atoms with Crippen molar-refractivity contribution in [3.05, 3.63) is 30.0 Å². The quantitative estimate of drug-likeness (QED) is 0.894. The molecular weight excluding hydrogens is 222 g/mol. The van der Waals surface area contributed by atoms with Gasteiger partial charge in [-0.25, -0.2) is 0 Å². The van der Waals surface area contributed by atoms with Gasteiger partial charge in [0.2, 0.25) is 0 Å². The lowest BCUT2D eigenvalue weighted by atomic mass is 9.94. The minimum atomic E-state index is 0.480. The van der Waals surface area contributed by atoms with E-state index in [2.05, 4.69) is 43.6 Å². The van der Waals surface area contributed by atoms with Crippen molar-refractivity contribution >= 4 is 10.9 Å². The van der Waals surface area contributed by atoms with E-state index >= 15 is 0 Å². The molecule has 3 heteroatoms. The molecule has 1 aromatic carbocycles. The molecule has 1 fully saturated rings. The third-order valence-corrected chi connectivity index (χ3v) is 4.46. The van der Waals surface area contributed by atoms with Gasteiger partial charge >= 0.3 is 0 Å². The predicted molar refractivity (Wildman–Crippen MR) is 74.6 cm³/mol. The molecule has 1 aromatic heterocycles. The van der Waals surface area contributed by atoms with Crippen molar-refractivity contribution < 1.29 is 0 Å². The second kappa shape index (κ2) is 4.09. The first kappa shape index (κ1) is 11.7. The third-order valence-electron chi connectivity index (χ3n) is 4.46. The van der Waals surface area contributed by atoms with Crippen LogP contribution in [-0.4, -0.2) is 22.9 Å². The molecule has 1 atom stereocenters. The second-order valence-corrected chi connectivity index (χ2v) is 5.79. The lowest BCUT2D eigenvalue weighted by Gasteiger charge is -2.22. The Labute approximate surface area is 108 Å². The summed E-state index contributed by atoms with van der Waals surface area (Å²) in [6.07, 6.45) is 3.70. The minimum absolute atomic E-state index is 0.480. The van der Waals surface area contributed by atoms with Crippen molar-refractivity contribution in [3.8, 4) is 0 Å². The Bertz CT molecular complexity index is 566. The van der Waals surface area contributed by atoms with Crippen LogP contribution in [0.4, 0.5) is 0 Å². The molecule has 3 nitrogen and oxygen atoms in total. The first-order chi connectivity index (χ1) is 8.64. The molecule has 1 saturated carbocycles. The van der Waals surface area contributed by atoms with E-state index in [0.717, 1.165) is 6.42 Å². The summed E-state index contributed by atoms with van der Waals surface area (Å²) in [6.45, 7) is 2.37. The molecule has 0 saturated heterocycles. The van der Waals surface area contributed by atoms with Gasteiger partial charge < -0.3 is 5.32 Å². The van der Waals surface area contributed by atoms with Crippen LogP contribution in [0, 0.1) is 5.41 Å². The highest BCUT2D eigenvalue weighted by molar-refractivity contribution is 5.81. The number of aryl methyl sites for hydroxylation is 1. The van der Waals surface area contributed by atoms with E-state index in [1.807, 2.05) is 11.7 Å². The van der Waals surface area contributed by atoms with E-state index in [9.17, 15) is 0 Å². The highest BCUT2D eigenvalue weighted by atomic mass is 15.3. The van der Waals surface area contributed by atoms with Gasteiger partial charge in [-0.1, -0.05) is 25.1 Å². The van der Waals surface area contributed by atoms with Crippen molar-refractivity contribution in [2.24, 2.45) is 12.5 Å². The zero-order chi connectivity index (χ0) is 12.8. The summed E-state index contributed by atoms with van der Waals surface area (Å²) < 4.78 is 1.99. The van der Waals surface area contributed by atoms with Gasteiger partial charge in [0.15, 0.2) is 0 Å². The number of aromatic nitrogens is 2. The van der Waals surface area contributed by atoms with E-state index in [1.54, 1.807) is 0 Å². The maximum Gasteiger partial charge on any atom is 0.0718 e. The van der Waals surface area contributed by atoms with Gasteiger partial charge in [-0.15, -0.1) is 0 Å². The molecule has 1 aliphatic carbocycles.